The lowest BCUT2D eigenvalue weighted by atomic mass is 9.77. The first-order chi connectivity index (χ1) is 18.4. The Balaban J connectivity index is 1.62. The summed E-state index contributed by atoms with van der Waals surface area (Å²) >= 11 is 0. The van der Waals surface area contributed by atoms with Gasteiger partial charge in [0, 0.05) is 29.8 Å². The Morgan fingerprint density at radius 3 is 1.77 bits per heavy atom. The maximum Gasteiger partial charge on any atom is 0.251 e. The van der Waals surface area contributed by atoms with E-state index in [1.165, 1.54) is 41.8 Å². The van der Waals surface area contributed by atoms with Gasteiger partial charge in [-0.05, 0) is 19.9 Å². The van der Waals surface area contributed by atoms with E-state index in [4.69, 9.17) is 0 Å². The molecular formula is C28H21F8N2O2+. The van der Waals surface area contributed by atoms with Crippen molar-refractivity contribution in [3.05, 3.63) is 92.4 Å². The molecule has 12 heteroatoms. The number of ketones is 1. The monoisotopic (exact) mass is 569 g/mol. The van der Waals surface area contributed by atoms with Gasteiger partial charge in [-0.15, -0.1) is 0 Å². The molecule has 2 aliphatic heterocycles. The van der Waals surface area contributed by atoms with Crippen molar-refractivity contribution < 1.29 is 49.6 Å². The maximum absolute atomic E-state index is 14.7. The fraction of sp³-hybridized carbons (Fsp3) is 0.286. The van der Waals surface area contributed by atoms with Gasteiger partial charge in [0.2, 0.25) is 17.4 Å². The van der Waals surface area contributed by atoms with E-state index in [1.54, 1.807) is 0 Å². The third kappa shape index (κ3) is 3.18. The molecule has 0 amide bonds. The predicted octanol–water partition coefficient (Wildman–Crippen LogP) is 6.44. The Morgan fingerprint density at radius 2 is 1.23 bits per heavy atom. The number of likely N-dealkylation sites (N-methyl/N-ethyl adjacent to an activating group) is 1. The largest absolute Gasteiger partial charge is 0.506 e. The summed E-state index contributed by atoms with van der Waals surface area (Å²) in [7, 11) is 2.50. The lowest BCUT2D eigenvalue weighted by Gasteiger charge is -2.27. The van der Waals surface area contributed by atoms with Crippen LogP contribution in [0.15, 0.2) is 34.8 Å². The first-order valence-corrected chi connectivity index (χ1v) is 11.9. The van der Waals surface area contributed by atoms with E-state index in [-0.39, 0.29) is 22.6 Å². The molecule has 40 heavy (non-hydrogen) atoms. The quantitative estimate of drug-likeness (QED) is 0.149. The second kappa shape index (κ2) is 8.28. The standard InChI is InChI=1S/C28H20F8N2O2/c1-27(2)11(37(5)23-13(27)15(29)17(31)19(33)21(23)35)7-9-25(39)10(26(9)40)8-12-28(3,4)14-16(30)18(32)20(34)22(36)24(14)38(12)6/h7-8H,1-6H3/p+1. The van der Waals surface area contributed by atoms with Crippen molar-refractivity contribution in [2.75, 3.05) is 19.0 Å². The van der Waals surface area contributed by atoms with Crippen LogP contribution < -0.4 is 4.90 Å². The van der Waals surface area contributed by atoms with Crippen molar-refractivity contribution in [1.82, 2.24) is 0 Å². The van der Waals surface area contributed by atoms with Crippen LogP contribution in [0.3, 0.4) is 0 Å². The number of anilines is 1. The number of aliphatic hydroxyl groups excluding tert-OH is 1. The van der Waals surface area contributed by atoms with Crippen molar-refractivity contribution in [2.24, 2.45) is 0 Å². The molecule has 0 aromatic heterocycles. The Labute approximate surface area is 222 Å². The highest BCUT2D eigenvalue weighted by molar-refractivity contribution is 6.24. The lowest BCUT2D eigenvalue weighted by Crippen LogP contribution is -2.31. The third-order valence-corrected chi connectivity index (χ3v) is 7.97. The van der Waals surface area contributed by atoms with Crippen LogP contribution in [0.1, 0.15) is 38.8 Å². The molecule has 2 heterocycles. The molecule has 1 N–H and O–H groups in total. The van der Waals surface area contributed by atoms with Crippen molar-refractivity contribution in [1.29, 1.82) is 0 Å². The van der Waals surface area contributed by atoms with Gasteiger partial charge in [0.15, 0.2) is 40.6 Å². The lowest BCUT2D eigenvalue weighted by molar-refractivity contribution is -0.404. The van der Waals surface area contributed by atoms with E-state index in [9.17, 15) is 45.0 Å². The smallest absolute Gasteiger partial charge is 0.251 e. The summed E-state index contributed by atoms with van der Waals surface area (Å²) in [5.74, 6) is -15.8. The van der Waals surface area contributed by atoms with E-state index < -0.39 is 91.4 Å². The Morgan fingerprint density at radius 1 is 0.725 bits per heavy atom. The molecule has 2 aromatic carbocycles. The summed E-state index contributed by atoms with van der Waals surface area (Å²) in [6.45, 7) is 5.57. The number of fused-ring (bicyclic) bond motifs is 2. The molecule has 0 saturated carbocycles. The summed E-state index contributed by atoms with van der Waals surface area (Å²) in [5, 5.41) is 10.8. The normalized spacial score (nSPS) is 21.1. The fourth-order valence-electron chi connectivity index (χ4n) is 5.88. The Bertz CT molecular complexity index is 1730. The number of halogens is 8. The van der Waals surface area contributed by atoms with Gasteiger partial charge in [0.25, 0.3) is 5.69 Å². The number of carbonyl (C=O) groups excluding carboxylic acids is 1. The van der Waals surface area contributed by atoms with Gasteiger partial charge < -0.3 is 10.0 Å². The zero-order valence-electron chi connectivity index (χ0n) is 21.9. The number of carbonyl (C=O) groups is 1. The average Bonchev–Trinajstić information content (AvgIpc) is 3.21. The number of hydrogen-bond donors (Lipinski definition) is 1. The Hall–Kier alpha value is -3.96. The average molecular weight is 569 g/mol. The number of aliphatic hydroxyl groups is 1. The van der Waals surface area contributed by atoms with Crippen LogP contribution in [0, 0.1) is 46.5 Å². The van der Waals surface area contributed by atoms with Crippen molar-refractivity contribution >= 4 is 22.9 Å². The zero-order chi connectivity index (χ0) is 30.0. The minimum atomic E-state index is -2.00. The molecule has 0 unspecified atom stereocenters. The molecule has 2 aromatic rings. The van der Waals surface area contributed by atoms with Gasteiger partial charge in [-0.25, -0.2) is 30.7 Å². The highest BCUT2D eigenvalue weighted by Crippen LogP contribution is 2.52. The molecule has 1 aliphatic carbocycles. The van der Waals surface area contributed by atoms with Crippen LogP contribution in [-0.4, -0.2) is 35.3 Å². The number of allylic oxidation sites excluding steroid dienone is 5. The molecule has 0 spiro atoms. The predicted molar refractivity (Wildman–Crippen MR) is 129 cm³/mol. The molecule has 0 atom stereocenters. The number of Topliss-reactive ketones (excluding diaryl/α,β-unsaturated/α-hetero) is 1. The molecule has 210 valence electrons. The van der Waals surface area contributed by atoms with Crippen molar-refractivity contribution in [3.8, 4) is 0 Å². The second-order valence-corrected chi connectivity index (χ2v) is 10.9. The van der Waals surface area contributed by atoms with Crippen LogP contribution in [0.5, 0.6) is 0 Å². The molecule has 3 aliphatic rings. The van der Waals surface area contributed by atoms with Gasteiger partial charge in [0.05, 0.1) is 27.8 Å². The third-order valence-electron chi connectivity index (χ3n) is 7.97. The molecule has 5 rings (SSSR count). The summed E-state index contributed by atoms with van der Waals surface area (Å²) in [6.07, 6.45) is 2.24. The number of hydrogen-bond acceptors (Lipinski definition) is 3. The van der Waals surface area contributed by atoms with Gasteiger partial charge in [-0.3, -0.25) is 4.79 Å². The SMILES string of the molecule is CN1/C(=C/C2=C(O)C(=C\C3=[N+](C)c4c(F)c(F)c(F)c(F)c4C3(C)C)/C2=O)C(C)(C)c2c(F)c(F)c(F)c(F)c21. The first-order valence-electron chi connectivity index (χ1n) is 11.9. The number of benzene rings is 2. The highest BCUT2D eigenvalue weighted by Gasteiger charge is 2.51. The van der Waals surface area contributed by atoms with Gasteiger partial charge in [-0.2, -0.15) is 8.97 Å². The minimum absolute atomic E-state index is 0.0349. The van der Waals surface area contributed by atoms with Gasteiger partial charge >= 0.3 is 0 Å². The van der Waals surface area contributed by atoms with Gasteiger partial charge in [-0.1, -0.05) is 13.8 Å². The topological polar surface area (TPSA) is 43.5 Å². The molecule has 4 nitrogen and oxygen atoms in total. The number of nitrogens with zero attached hydrogens (tertiary/aromatic N) is 2. The molecular weight excluding hydrogens is 548 g/mol. The van der Waals surface area contributed by atoms with Crippen molar-refractivity contribution in [3.63, 3.8) is 0 Å². The summed E-state index contributed by atoms with van der Waals surface area (Å²) in [5.41, 5.74) is -5.57. The molecule has 0 fully saturated rings. The highest BCUT2D eigenvalue weighted by atomic mass is 19.2. The van der Waals surface area contributed by atoms with E-state index in [1.807, 2.05) is 0 Å². The van der Waals surface area contributed by atoms with E-state index in [0.29, 0.717) is 0 Å². The zero-order valence-corrected chi connectivity index (χ0v) is 21.9. The van der Waals surface area contributed by atoms with Gasteiger partial charge in [0.1, 0.15) is 12.8 Å². The van der Waals surface area contributed by atoms with Crippen molar-refractivity contribution in [2.45, 2.75) is 38.5 Å². The van der Waals surface area contributed by atoms with Crippen LogP contribution in [0.4, 0.5) is 46.5 Å². The fourth-order valence-corrected chi connectivity index (χ4v) is 5.88. The van der Waals surface area contributed by atoms with Crippen LogP contribution in [-0.2, 0) is 15.6 Å². The van der Waals surface area contributed by atoms with Crippen LogP contribution in [0.2, 0.25) is 0 Å². The Kier molecular flexibility index (Phi) is 5.71. The van der Waals surface area contributed by atoms with Crippen LogP contribution in [0.25, 0.3) is 0 Å². The molecule has 0 bridgehead atoms. The minimum Gasteiger partial charge on any atom is -0.506 e. The first kappa shape index (κ1) is 27.6. The molecule has 0 saturated heterocycles. The van der Waals surface area contributed by atoms with E-state index in [0.717, 1.165) is 21.6 Å². The second-order valence-electron chi connectivity index (χ2n) is 10.9. The van der Waals surface area contributed by atoms with E-state index >= 15 is 0 Å². The van der Waals surface area contributed by atoms with E-state index in [2.05, 4.69) is 0 Å². The summed E-state index contributed by atoms with van der Waals surface area (Å²) < 4.78 is 116. The van der Waals surface area contributed by atoms with Crippen LogP contribution >= 0.6 is 0 Å². The number of rotatable bonds is 2. The molecule has 0 radical (unpaired) electrons. The summed E-state index contributed by atoms with van der Waals surface area (Å²) in [6, 6.07) is 0. The maximum atomic E-state index is 14.7. The summed E-state index contributed by atoms with van der Waals surface area (Å²) in [4.78, 5) is 14.1.